The molecule has 0 atom stereocenters. The summed E-state index contributed by atoms with van der Waals surface area (Å²) in [5.41, 5.74) is 4.16. The van der Waals surface area contributed by atoms with Gasteiger partial charge in [0.2, 0.25) is 0 Å². The first kappa shape index (κ1) is 15.3. The van der Waals surface area contributed by atoms with Crippen LogP contribution >= 0.6 is 15.9 Å². The number of anilines is 2. The highest BCUT2D eigenvalue weighted by molar-refractivity contribution is 9.10. The monoisotopic (exact) mass is 387 g/mol. The number of nitrogens with one attached hydrogen (secondary N) is 1. The van der Waals surface area contributed by atoms with E-state index in [1.807, 2.05) is 29.8 Å². The van der Waals surface area contributed by atoms with E-state index in [1.165, 1.54) is 18.5 Å². The van der Waals surface area contributed by atoms with Crippen LogP contribution in [0.4, 0.5) is 11.4 Å². The number of nitrogens with zero attached hydrogens (tertiary/aromatic N) is 2. The Morgan fingerprint density at radius 2 is 1.88 bits per heavy atom. The van der Waals surface area contributed by atoms with E-state index in [1.54, 1.807) is 6.07 Å². The van der Waals surface area contributed by atoms with Crippen LogP contribution in [0.15, 0.2) is 45.5 Å². The van der Waals surface area contributed by atoms with Gasteiger partial charge in [0.25, 0.3) is 5.91 Å². The van der Waals surface area contributed by atoms with Gasteiger partial charge in [-0.1, -0.05) is 0 Å². The molecule has 1 fully saturated rings. The van der Waals surface area contributed by atoms with Gasteiger partial charge in [0.1, 0.15) is 5.69 Å². The summed E-state index contributed by atoms with van der Waals surface area (Å²) in [6.45, 7) is 2.23. The zero-order chi connectivity index (χ0) is 16.7. The van der Waals surface area contributed by atoms with Gasteiger partial charge in [-0.3, -0.25) is 4.79 Å². The second-order valence-electron chi connectivity index (χ2n) is 6.08. The van der Waals surface area contributed by atoms with Crippen LogP contribution in [0.1, 0.15) is 23.3 Å². The Hall–Kier alpha value is -2.21. The van der Waals surface area contributed by atoms with Crippen molar-refractivity contribution in [3.8, 4) is 0 Å². The molecule has 0 bridgehead atoms. The van der Waals surface area contributed by atoms with Crippen LogP contribution in [-0.2, 0) is 7.05 Å². The van der Waals surface area contributed by atoms with Crippen molar-refractivity contribution < 1.29 is 9.21 Å². The Morgan fingerprint density at radius 1 is 1.17 bits per heavy atom. The van der Waals surface area contributed by atoms with E-state index in [4.69, 9.17) is 4.42 Å². The highest BCUT2D eigenvalue weighted by atomic mass is 79.9. The largest absolute Gasteiger partial charge is 0.448 e. The van der Waals surface area contributed by atoms with Crippen LogP contribution in [-0.4, -0.2) is 23.6 Å². The number of benzene rings is 1. The Kier molecular flexibility index (Phi) is 3.84. The second-order valence-corrected chi connectivity index (χ2v) is 6.87. The molecule has 4 rings (SSSR count). The molecule has 3 aromatic rings. The lowest BCUT2D eigenvalue weighted by Crippen LogP contribution is -2.18. The zero-order valence-corrected chi connectivity index (χ0v) is 15.0. The van der Waals surface area contributed by atoms with Crippen molar-refractivity contribution in [2.45, 2.75) is 12.8 Å². The number of aryl methyl sites for hydroxylation is 1. The molecular formula is C18H18BrN3O2. The number of carbonyl (C=O) groups excluding carboxylic acids is 1. The lowest BCUT2D eigenvalue weighted by Gasteiger charge is -2.17. The maximum Gasteiger partial charge on any atom is 0.272 e. The van der Waals surface area contributed by atoms with Crippen molar-refractivity contribution in [1.82, 2.24) is 4.57 Å². The third-order valence-electron chi connectivity index (χ3n) is 4.53. The molecule has 1 N–H and O–H groups in total. The maximum atomic E-state index is 12.5. The van der Waals surface area contributed by atoms with Crippen LogP contribution in [0, 0.1) is 0 Å². The summed E-state index contributed by atoms with van der Waals surface area (Å²) < 4.78 is 8.00. The summed E-state index contributed by atoms with van der Waals surface area (Å²) >= 11 is 3.30. The van der Waals surface area contributed by atoms with Gasteiger partial charge in [0.15, 0.2) is 10.3 Å². The van der Waals surface area contributed by atoms with E-state index in [2.05, 4.69) is 38.3 Å². The number of amides is 1. The number of carbonyl (C=O) groups is 1. The van der Waals surface area contributed by atoms with Gasteiger partial charge in [0.05, 0.1) is 5.52 Å². The van der Waals surface area contributed by atoms with Gasteiger partial charge in [-0.15, -0.1) is 0 Å². The number of aromatic nitrogens is 1. The van der Waals surface area contributed by atoms with E-state index in [9.17, 15) is 4.79 Å². The minimum atomic E-state index is -0.144. The van der Waals surface area contributed by atoms with Crippen molar-refractivity contribution in [2.75, 3.05) is 23.3 Å². The summed E-state index contributed by atoms with van der Waals surface area (Å²) in [6, 6.07) is 11.7. The van der Waals surface area contributed by atoms with E-state index < -0.39 is 0 Å². The van der Waals surface area contributed by atoms with Crippen molar-refractivity contribution in [1.29, 1.82) is 0 Å². The van der Waals surface area contributed by atoms with Crippen molar-refractivity contribution in [3.63, 3.8) is 0 Å². The van der Waals surface area contributed by atoms with Gasteiger partial charge in [-0.25, -0.2) is 0 Å². The third-order valence-corrected chi connectivity index (χ3v) is 4.92. The number of furan rings is 1. The fourth-order valence-corrected chi connectivity index (χ4v) is 3.62. The molecule has 0 unspecified atom stereocenters. The Balaban J connectivity index is 1.52. The van der Waals surface area contributed by atoms with Crippen LogP contribution < -0.4 is 10.2 Å². The van der Waals surface area contributed by atoms with E-state index in [0.717, 1.165) is 24.3 Å². The number of hydrogen-bond donors (Lipinski definition) is 1. The minimum Gasteiger partial charge on any atom is -0.448 e. The van der Waals surface area contributed by atoms with E-state index in [-0.39, 0.29) is 5.91 Å². The SMILES string of the molecule is Cn1c(C(=O)Nc2ccc(N3CCCC3)cc2)cc2oc(Br)cc21. The van der Waals surface area contributed by atoms with Crippen molar-refractivity contribution >= 4 is 44.3 Å². The van der Waals surface area contributed by atoms with Gasteiger partial charge < -0.3 is 19.2 Å². The minimum absolute atomic E-state index is 0.144. The number of fused-ring (bicyclic) bond motifs is 1. The molecule has 24 heavy (non-hydrogen) atoms. The Labute approximate surface area is 148 Å². The summed E-state index contributed by atoms with van der Waals surface area (Å²) in [6.07, 6.45) is 2.51. The summed E-state index contributed by atoms with van der Waals surface area (Å²) in [5, 5.41) is 2.95. The Bertz CT molecular complexity index is 889. The Morgan fingerprint density at radius 3 is 2.54 bits per heavy atom. The fraction of sp³-hybridized carbons (Fsp3) is 0.278. The zero-order valence-electron chi connectivity index (χ0n) is 13.4. The molecule has 5 nitrogen and oxygen atoms in total. The first-order valence-electron chi connectivity index (χ1n) is 8.03. The normalized spacial score (nSPS) is 14.5. The van der Waals surface area contributed by atoms with Gasteiger partial charge in [-0.05, 0) is 53.0 Å². The standard InChI is InChI=1S/C18H18BrN3O2/c1-21-14-11-17(19)24-16(14)10-15(21)18(23)20-12-4-6-13(7-5-12)22-8-2-3-9-22/h4-7,10-11H,2-3,8-9H2,1H3,(H,20,23). The lowest BCUT2D eigenvalue weighted by molar-refractivity contribution is 0.101. The number of hydrogen-bond acceptors (Lipinski definition) is 3. The molecule has 1 aliphatic heterocycles. The molecule has 1 aromatic carbocycles. The molecule has 0 radical (unpaired) electrons. The molecule has 3 heterocycles. The van der Waals surface area contributed by atoms with Crippen LogP contribution in [0.5, 0.6) is 0 Å². The topological polar surface area (TPSA) is 50.4 Å². The average molecular weight is 388 g/mol. The first-order valence-corrected chi connectivity index (χ1v) is 8.82. The molecule has 124 valence electrons. The van der Waals surface area contributed by atoms with Gasteiger partial charge in [-0.2, -0.15) is 0 Å². The first-order chi connectivity index (χ1) is 11.6. The third kappa shape index (κ3) is 2.71. The van der Waals surface area contributed by atoms with Gasteiger partial charge >= 0.3 is 0 Å². The van der Waals surface area contributed by atoms with Crippen LogP contribution in [0.3, 0.4) is 0 Å². The van der Waals surface area contributed by atoms with Crippen LogP contribution in [0.2, 0.25) is 0 Å². The molecule has 1 aliphatic rings. The molecule has 1 amide bonds. The molecule has 0 spiro atoms. The fourth-order valence-electron chi connectivity index (χ4n) is 3.23. The summed E-state index contributed by atoms with van der Waals surface area (Å²) in [4.78, 5) is 14.9. The number of rotatable bonds is 3. The molecule has 0 aliphatic carbocycles. The quantitative estimate of drug-likeness (QED) is 0.724. The van der Waals surface area contributed by atoms with E-state index in [0.29, 0.717) is 15.9 Å². The van der Waals surface area contributed by atoms with E-state index >= 15 is 0 Å². The lowest BCUT2D eigenvalue weighted by atomic mass is 10.2. The predicted octanol–water partition coefficient (Wildman–Crippen LogP) is 4.39. The highest BCUT2D eigenvalue weighted by Gasteiger charge is 2.17. The maximum absolute atomic E-state index is 12.5. The molecule has 6 heteroatoms. The average Bonchev–Trinajstić information content (AvgIpc) is 3.27. The number of halogens is 1. The van der Waals surface area contributed by atoms with Crippen molar-refractivity contribution in [2.24, 2.45) is 7.05 Å². The summed E-state index contributed by atoms with van der Waals surface area (Å²) in [5.74, 6) is -0.144. The van der Waals surface area contributed by atoms with Gasteiger partial charge in [0, 0.05) is 43.6 Å². The summed E-state index contributed by atoms with van der Waals surface area (Å²) in [7, 11) is 1.86. The predicted molar refractivity (Wildman–Crippen MR) is 98.7 cm³/mol. The highest BCUT2D eigenvalue weighted by Crippen LogP contribution is 2.27. The molecule has 0 saturated carbocycles. The molecule has 2 aromatic heterocycles. The molecular weight excluding hydrogens is 370 g/mol. The second kappa shape index (κ2) is 6.02. The van der Waals surface area contributed by atoms with Crippen molar-refractivity contribution in [3.05, 3.63) is 46.8 Å². The van der Waals surface area contributed by atoms with Crippen LogP contribution in [0.25, 0.3) is 11.1 Å². The smallest absolute Gasteiger partial charge is 0.272 e. The molecule has 1 saturated heterocycles.